The Morgan fingerprint density at radius 2 is 1.61 bits per heavy atom. The zero-order valence-electron chi connectivity index (χ0n) is 18.8. The highest BCUT2D eigenvalue weighted by atomic mass is 16.6. The third-order valence-corrected chi connectivity index (χ3v) is 5.05. The summed E-state index contributed by atoms with van der Waals surface area (Å²) in [5.74, 6) is 1.09. The van der Waals surface area contributed by atoms with Crippen molar-refractivity contribution in [2.45, 2.75) is 20.5 Å². The van der Waals surface area contributed by atoms with E-state index < -0.39 is 0 Å². The Kier molecular flexibility index (Phi) is 6.80. The summed E-state index contributed by atoms with van der Waals surface area (Å²) in [6, 6.07) is 15.0. The maximum atomic E-state index is 12.7. The molecule has 0 N–H and O–H groups in total. The fourth-order valence-corrected chi connectivity index (χ4v) is 3.14. The second-order valence-electron chi connectivity index (χ2n) is 7.47. The standard InChI is InChI=1S/C25H28NO5/c1-16-10-11-18(12-17(16)2)15-30-23-21(27)14-22(28-5)24(25(23)29-6)31-20-9-7-8-19(13-20)26(3)4/h7-14H,15H2,1-6H3. The van der Waals surface area contributed by atoms with Crippen LogP contribution in [-0.2, 0) is 11.7 Å². The van der Waals surface area contributed by atoms with E-state index in [9.17, 15) is 5.11 Å². The highest BCUT2D eigenvalue weighted by Gasteiger charge is 2.24. The van der Waals surface area contributed by atoms with Gasteiger partial charge in [0.1, 0.15) is 12.4 Å². The number of benzene rings is 3. The number of hydrogen-bond acceptors (Lipinski definition) is 5. The number of hydrogen-bond donors (Lipinski definition) is 0. The SMILES string of the molecule is COc1cc([O])c(OCc2ccc(C)c(C)c2)c(OC)c1Oc1cccc(N(C)C)c1. The summed E-state index contributed by atoms with van der Waals surface area (Å²) in [7, 11) is 6.85. The molecule has 3 aromatic rings. The average Bonchev–Trinajstić information content (AvgIpc) is 2.76. The van der Waals surface area contributed by atoms with Gasteiger partial charge in [-0.25, -0.2) is 0 Å². The van der Waals surface area contributed by atoms with E-state index >= 15 is 0 Å². The molecule has 6 heteroatoms. The van der Waals surface area contributed by atoms with Crippen molar-refractivity contribution in [2.24, 2.45) is 0 Å². The molecule has 6 nitrogen and oxygen atoms in total. The molecule has 31 heavy (non-hydrogen) atoms. The van der Waals surface area contributed by atoms with Crippen molar-refractivity contribution >= 4 is 5.69 Å². The van der Waals surface area contributed by atoms with Crippen molar-refractivity contribution in [2.75, 3.05) is 33.2 Å². The Balaban J connectivity index is 1.97. The third-order valence-electron chi connectivity index (χ3n) is 5.05. The number of methoxy groups -OCH3 is 2. The summed E-state index contributed by atoms with van der Waals surface area (Å²) in [5, 5.41) is 12.7. The molecule has 0 aliphatic carbocycles. The lowest BCUT2D eigenvalue weighted by Gasteiger charge is -2.19. The molecule has 0 aliphatic rings. The molecule has 0 aromatic heterocycles. The maximum Gasteiger partial charge on any atom is 0.228 e. The van der Waals surface area contributed by atoms with Crippen LogP contribution in [0.1, 0.15) is 16.7 Å². The summed E-state index contributed by atoms with van der Waals surface area (Å²) < 4.78 is 22.9. The number of anilines is 1. The lowest BCUT2D eigenvalue weighted by atomic mass is 10.1. The summed E-state index contributed by atoms with van der Waals surface area (Å²) in [6.45, 7) is 4.32. The first kappa shape index (κ1) is 22.2. The molecule has 0 atom stereocenters. The van der Waals surface area contributed by atoms with E-state index in [-0.39, 0.29) is 35.4 Å². The second-order valence-corrected chi connectivity index (χ2v) is 7.47. The van der Waals surface area contributed by atoms with Gasteiger partial charge in [-0.1, -0.05) is 24.3 Å². The number of nitrogens with zero attached hydrogens (tertiary/aromatic N) is 1. The third kappa shape index (κ3) is 4.97. The summed E-state index contributed by atoms with van der Waals surface area (Å²) >= 11 is 0. The van der Waals surface area contributed by atoms with E-state index in [2.05, 4.69) is 6.92 Å². The second kappa shape index (κ2) is 9.51. The molecule has 0 unspecified atom stereocenters. The van der Waals surface area contributed by atoms with E-state index in [0.29, 0.717) is 5.75 Å². The number of aryl methyl sites for hydroxylation is 2. The Morgan fingerprint density at radius 3 is 2.26 bits per heavy atom. The topological polar surface area (TPSA) is 60.1 Å². The molecule has 0 spiro atoms. The molecule has 0 bridgehead atoms. The predicted octanol–water partition coefficient (Wildman–Crippen LogP) is 5.90. The minimum atomic E-state index is -0.341. The molecule has 3 rings (SSSR count). The van der Waals surface area contributed by atoms with Gasteiger partial charge in [0.15, 0.2) is 5.75 Å². The highest BCUT2D eigenvalue weighted by Crippen LogP contribution is 2.51. The largest absolute Gasteiger partial charge is 0.493 e. The van der Waals surface area contributed by atoms with Crippen LogP contribution < -0.4 is 23.8 Å². The van der Waals surface area contributed by atoms with Crippen molar-refractivity contribution in [3.05, 3.63) is 65.2 Å². The van der Waals surface area contributed by atoms with Crippen LogP contribution in [-0.4, -0.2) is 28.3 Å². The molecule has 0 fully saturated rings. The normalized spacial score (nSPS) is 10.5. The molecule has 0 heterocycles. The summed E-state index contributed by atoms with van der Waals surface area (Å²) in [5.41, 5.74) is 4.30. The van der Waals surface area contributed by atoms with Gasteiger partial charge in [0, 0.05) is 31.9 Å². The van der Waals surface area contributed by atoms with Crippen LogP contribution in [0.4, 0.5) is 5.69 Å². The maximum absolute atomic E-state index is 12.7. The van der Waals surface area contributed by atoms with Crippen LogP contribution in [0.3, 0.4) is 0 Å². The van der Waals surface area contributed by atoms with E-state index in [4.69, 9.17) is 18.9 Å². The molecule has 0 saturated carbocycles. The minimum absolute atomic E-state index is 0.0836. The molecule has 0 amide bonds. The molecule has 1 radical (unpaired) electrons. The quantitative estimate of drug-likeness (QED) is 0.452. The van der Waals surface area contributed by atoms with Gasteiger partial charge in [0.25, 0.3) is 0 Å². The smallest absolute Gasteiger partial charge is 0.228 e. The van der Waals surface area contributed by atoms with Gasteiger partial charge in [0.2, 0.25) is 23.0 Å². The van der Waals surface area contributed by atoms with Crippen molar-refractivity contribution in [1.29, 1.82) is 0 Å². The van der Waals surface area contributed by atoms with Crippen molar-refractivity contribution in [3.63, 3.8) is 0 Å². The zero-order chi connectivity index (χ0) is 22.5. The molecule has 0 saturated heterocycles. The molecular formula is C25H28NO5. The van der Waals surface area contributed by atoms with E-state index in [1.165, 1.54) is 25.8 Å². The number of ether oxygens (including phenoxy) is 4. The Labute approximate surface area is 183 Å². The monoisotopic (exact) mass is 422 g/mol. The Hall–Kier alpha value is -3.54. The fourth-order valence-electron chi connectivity index (χ4n) is 3.14. The lowest BCUT2D eigenvalue weighted by Crippen LogP contribution is -2.08. The van der Waals surface area contributed by atoms with E-state index in [1.54, 1.807) is 0 Å². The average molecular weight is 423 g/mol. The minimum Gasteiger partial charge on any atom is -0.493 e. The molecule has 163 valence electrons. The highest BCUT2D eigenvalue weighted by molar-refractivity contribution is 5.66. The predicted molar refractivity (Wildman–Crippen MR) is 121 cm³/mol. The molecule has 0 aliphatic heterocycles. The first-order valence-corrected chi connectivity index (χ1v) is 9.94. The molecular weight excluding hydrogens is 394 g/mol. The van der Waals surface area contributed by atoms with Crippen LogP contribution in [0.5, 0.6) is 34.5 Å². The van der Waals surface area contributed by atoms with Gasteiger partial charge in [-0.3, -0.25) is 5.11 Å². The van der Waals surface area contributed by atoms with Crippen molar-refractivity contribution in [1.82, 2.24) is 0 Å². The summed E-state index contributed by atoms with van der Waals surface area (Å²) in [6.07, 6.45) is 0. The van der Waals surface area contributed by atoms with Crippen molar-refractivity contribution < 1.29 is 24.1 Å². The molecule has 3 aromatic carbocycles. The zero-order valence-corrected chi connectivity index (χ0v) is 18.8. The van der Waals surface area contributed by atoms with Crippen LogP contribution in [0.2, 0.25) is 0 Å². The van der Waals surface area contributed by atoms with E-state index in [0.717, 1.165) is 16.8 Å². The first-order valence-electron chi connectivity index (χ1n) is 9.94. The van der Waals surface area contributed by atoms with Gasteiger partial charge in [0.05, 0.1) is 14.2 Å². The van der Waals surface area contributed by atoms with Crippen LogP contribution in [0.15, 0.2) is 48.5 Å². The Morgan fingerprint density at radius 1 is 0.839 bits per heavy atom. The Bertz CT molecular complexity index is 1060. The summed E-state index contributed by atoms with van der Waals surface area (Å²) in [4.78, 5) is 1.97. The lowest BCUT2D eigenvalue weighted by molar-refractivity contribution is 0.244. The fraction of sp³-hybridized carbons (Fsp3) is 0.280. The van der Waals surface area contributed by atoms with Gasteiger partial charge < -0.3 is 23.8 Å². The van der Waals surface area contributed by atoms with Gasteiger partial charge in [-0.05, 0) is 42.7 Å². The van der Waals surface area contributed by atoms with Crippen LogP contribution in [0, 0.1) is 13.8 Å². The van der Waals surface area contributed by atoms with E-state index in [1.807, 2.05) is 68.4 Å². The van der Waals surface area contributed by atoms with Gasteiger partial charge >= 0.3 is 0 Å². The van der Waals surface area contributed by atoms with Gasteiger partial charge in [-0.2, -0.15) is 0 Å². The number of rotatable bonds is 8. The van der Waals surface area contributed by atoms with Crippen LogP contribution >= 0.6 is 0 Å². The van der Waals surface area contributed by atoms with Crippen molar-refractivity contribution in [3.8, 4) is 34.5 Å². The first-order chi connectivity index (χ1) is 14.8. The van der Waals surface area contributed by atoms with Crippen LogP contribution in [0.25, 0.3) is 0 Å². The van der Waals surface area contributed by atoms with Gasteiger partial charge in [-0.15, -0.1) is 0 Å².